The first-order chi connectivity index (χ1) is 12.0. The van der Waals surface area contributed by atoms with E-state index in [0.29, 0.717) is 28.1 Å². The number of pyridine rings is 1. The molecule has 0 saturated carbocycles. The monoisotopic (exact) mass is 340 g/mol. The van der Waals surface area contributed by atoms with Crippen LogP contribution in [-0.2, 0) is 6.61 Å². The van der Waals surface area contributed by atoms with Crippen molar-refractivity contribution in [3.05, 3.63) is 63.8 Å². The minimum Gasteiger partial charge on any atom is -0.497 e. The number of hydrogen-bond donors (Lipinski definition) is 2. The fourth-order valence-electron chi connectivity index (χ4n) is 2.47. The molecule has 3 rings (SSSR count). The third-order valence-electron chi connectivity index (χ3n) is 3.78. The van der Waals surface area contributed by atoms with Crippen molar-refractivity contribution in [3.63, 3.8) is 0 Å². The number of aromatic nitrogens is 1. The number of ether oxygens (including phenoxy) is 1. The quantitative estimate of drug-likeness (QED) is 0.755. The van der Waals surface area contributed by atoms with Gasteiger partial charge in [0, 0.05) is 28.9 Å². The number of benzene rings is 1. The summed E-state index contributed by atoms with van der Waals surface area (Å²) in [5.41, 5.74) is 0.791. The molecule has 2 heterocycles. The second kappa shape index (κ2) is 6.74. The maximum absolute atomic E-state index is 12.5. The third kappa shape index (κ3) is 3.22. The lowest BCUT2D eigenvalue weighted by atomic mass is 10.1. The Morgan fingerprint density at radius 2 is 2.16 bits per heavy atom. The molecule has 7 nitrogen and oxygen atoms in total. The second-order valence-corrected chi connectivity index (χ2v) is 5.40. The van der Waals surface area contributed by atoms with Crippen molar-refractivity contribution >= 4 is 22.6 Å². The first-order valence-corrected chi connectivity index (χ1v) is 7.52. The maximum atomic E-state index is 12.5. The van der Waals surface area contributed by atoms with E-state index in [0.717, 1.165) is 0 Å². The van der Waals surface area contributed by atoms with Gasteiger partial charge in [0.2, 0.25) is 0 Å². The molecular formula is C18H16N2O5. The van der Waals surface area contributed by atoms with Gasteiger partial charge in [-0.1, -0.05) is 6.07 Å². The number of rotatable bonds is 4. The summed E-state index contributed by atoms with van der Waals surface area (Å²) in [6, 6.07) is 8.18. The van der Waals surface area contributed by atoms with E-state index in [2.05, 4.69) is 10.3 Å². The van der Waals surface area contributed by atoms with Gasteiger partial charge in [0.25, 0.3) is 5.91 Å². The molecule has 25 heavy (non-hydrogen) atoms. The molecule has 1 amide bonds. The van der Waals surface area contributed by atoms with Crippen molar-refractivity contribution in [2.75, 3.05) is 12.4 Å². The number of anilines is 1. The van der Waals surface area contributed by atoms with Crippen molar-refractivity contribution in [2.24, 2.45) is 0 Å². The van der Waals surface area contributed by atoms with E-state index < -0.39 is 11.5 Å². The molecule has 0 aliphatic rings. The Hall–Kier alpha value is -3.19. The first kappa shape index (κ1) is 16.7. The highest BCUT2D eigenvalue weighted by Gasteiger charge is 2.17. The van der Waals surface area contributed by atoms with Gasteiger partial charge in [-0.25, -0.2) is 4.79 Å². The molecule has 0 unspecified atom stereocenters. The zero-order valence-corrected chi connectivity index (χ0v) is 13.7. The summed E-state index contributed by atoms with van der Waals surface area (Å²) >= 11 is 0. The van der Waals surface area contributed by atoms with Gasteiger partial charge in [-0.15, -0.1) is 0 Å². The molecule has 0 fully saturated rings. The summed E-state index contributed by atoms with van der Waals surface area (Å²) in [4.78, 5) is 28.7. The molecule has 0 saturated heterocycles. The van der Waals surface area contributed by atoms with Crippen molar-refractivity contribution in [1.82, 2.24) is 4.98 Å². The maximum Gasteiger partial charge on any atom is 0.349 e. The number of carbonyl (C=O) groups excluding carboxylic acids is 1. The molecule has 128 valence electrons. The molecule has 0 radical (unpaired) electrons. The van der Waals surface area contributed by atoms with Gasteiger partial charge in [0.1, 0.15) is 11.3 Å². The second-order valence-electron chi connectivity index (χ2n) is 5.40. The van der Waals surface area contributed by atoms with Gasteiger partial charge < -0.3 is 19.6 Å². The highest BCUT2D eigenvalue weighted by atomic mass is 16.5. The lowest BCUT2D eigenvalue weighted by molar-refractivity contribution is 0.102. The van der Waals surface area contributed by atoms with Gasteiger partial charge in [-0.05, 0) is 25.1 Å². The minimum atomic E-state index is -0.770. The predicted octanol–water partition coefficient (Wildman–Crippen LogP) is 2.25. The average molecular weight is 340 g/mol. The number of carbonyl (C=O) groups is 1. The van der Waals surface area contributed by atoms with Crippen molar-refractivity contribution in [2.45, 2.75) is 13.5 Å². The van der Waals surface area contributed by atoms with Crippen LogP contribution in [0, 0.1) is 6.92 Å². The molecule has 1 aromatic carbocycles. The van der Waals surface area contributed by atoms with Crippen LogP contribution < -0.4 is 15.7 Å². The Bertz CT molecular complexity index is 1010. The number of fused-ring (bicyclic) bond motifs is 1. The summed E-state index contributed by atoms with van der Waals surface area (Å²) in [6.45, 7) is 1.40. The van der Waals surface area contributed by atoms with Crippen LogP contribution in [0.3, 0.4) is 0 Å². The summed E-state index contributed by atoms with van der Waals surface area (Å²) < 4.78 is 10.4. The van der Waals surface area contributed by atoms with Crippen LogP contribution in [0.15, 0.2) is 45.7 Å². The van der Waals surface area contributed by atoms with Crippen LogP contribution in [0.2, 0.25) is 0 Å². The Labute approximate surface area is 142 Å². The van der Waals surface area contributed by atoms with Crippen LogP contribution in [0.4, 0.5) is 5.69 Å². The molecule has 3 aromatic rings. The van der Waals surface area contributed by atoms with Crippen molar-refractivity contribution < 1.29 is 19.1 Å². The molecular weight excluding hydrogens is 324 g/mol. The SMILES string of the molecule is COc1cccc(NC(=O)c2cc3c(CO)cnc(C)c3oc2=O)c1. The molecule has 0 bridgehead atoms. The van der Waals surface area contributed by atoms with Gasteiger partial charge in [0.15, 0.2) is 5.58 Å². The van der Waals surface area contributed by atoms with E-state index in [9.17, 15) is 14.7 Å². The van der Waals surface area contributed by atoms with E-state index in [4.69, 9.17) is 9.15 Å². The number of methoxy groups -OCH3 is 1. The zero-order valence-electron chi connectivity index (χ0n) is 13.7. The summed E-state index contributed by atoms with van der Waals surface area (Å²) in [6.07, 6.45) is 1.49. The van der Waals surface area contributed by atoms with Crippen molar-refractivity contribution in [3.8, 4) is 5.75 Å². The van der Waals surface area contributed by atoms with Crippen molar-refractivity contribution in [1.29, 1.82) is 0 Å². The van der Waals surface area contributed by atoms with Gasteiger partial charge in [0.05, 0.1) is 19.4 Å². The largest absolute Gasteiger partial charge is 0.497 e. The molecule has 2 N–H and O–H groups in total. The van der Waals surface area contributed by atoms with Gasteiger partial charge in [-0.3, -0.25) is 9.78 Å². The van der Waals surface area contributed by atoms with Gasteiger partial charge in [-0.2, -0.15) is 0 Å². The first-order valence-electron chi connectivity index (χ1n) is 7.52. The molecule has 0 aliphatic heterocycles. The molecule has 0 spiro atoms. The number of nitrogens with one attached hydrogen (secondary N) is 1. The lowest BCUT2D eigenvalue weighted by Gasteiger charge is -2.09. The van der Waals surface area contributed by atoms with Crippen LogP contribution in [0.25, 0.3) is 11.0 Å². The van der Waals surface area contributed by atoms with Crippen LogP contribution >= 0.6 is 0 Å². The lowest BCUT2D eigenvalue weighted by Crippen LogP contribution is -2.21. The Kier molecular flexibility index (Phi) is 4.49. The van der Waals surface area contributed by atoms with Crippen LogP contribution in [0.5, 0.6) is 5.75 Å². The number of hydrogen-bond acceptors (Lipinski definition) is 6. The van der Waals surface area contributed by atoms with Crippen LogP contribution in [0.1, 0.15) is 21.6 Å². The number of amides is 1. The van der Waals surface area contributed by atoms with E-state index in [1.165, 1.54) is 19.4 Å². The molecule has 7 heteroatoms. The normalized spacial score (nSPS) is 10.7. The predicted molar refractivity (Wildman–Crippen MR) is 91.9 cm³/mol. The smallest absolute Gasteiger partial charge is 0.349 e. The van der Waals surface area contributed by atoms with E-state index in [1.54, 1.807) is 31.2 Å². The van der Waals surface area contributed by atoms with E-state index in [1.807, 2.05) is 0 Å². The Morgan fingerprint density at radius 1 is 1.36 bits per heavy atom. The summed E-state index contributed by atoms with van der Waals surface area (Å²) in [7, 11) is 1.52. The van der Waals surface area contributed by atoms with Gasteiger partial charge >= 0.3 is 5.63 Å². The zero-order chi connectivity index (χ0) is 18.0. The number of aryl methyl sites for hydroxylation is 1. The topological polar surface area (TPSA) is 102 Å². The Balaban J connectivity index is 2.04. The number of nitrogens with zero attached hydrogens (tertiary/aromatic N) is 1. The van der Waals surface area contributed by atoms with E-state index >= 15 is 0 Å². The highest BCUT2D eigenvalue weighted by molar-refractivity contribution is 6.05. The highest BCUT2D eigenvalue weighted by Crippen LogP contribution is 2.22. The average Bonchev–Trinajstić information content (AvgIpc) is 2.62. The number of aliphatic hydroxyl groups is 1. The molecule has 0 aliphatic carbocycles. The summed E-state index contributed by atoms with van der Waals surface area (Å²) in [5, 5.41) is 12.6. The van der Waals surface area contributed by atoms with E-state index in [-0.39, 0.29) is 17.8 Å². The Morgan fingerprint density at radius 3 is 2.88 bits per heavy atom. The van der Waals surface area contributed by atoms with Crippen LogP contribution in [-0.4, -0.2) is 23.1 Å². The minimum absolute atomic E-state index is 0.157. The molecule has 2 aromatic heterocycles. The fraction of sp³-hybridized carbons (Fsp3) is 0.167. The number of aliphatic hydroxyl groups excluding tert-OH is 1. The fourth-order valence-corrected chi connectivity index (χ4v) is 2.47. The third-order valence-corrected chi connectivity index (χ3v) is 3.78. The molecule has 0 atom stereocenters. The standard InChI is InChI=1S/C18H16N2O5/c1-10-16-14(11(9-21)8-19-10)7-15(18(23)25-16)17(22)20-12-4-3-5-13(6-12)24-2/h3-8,21H,9H2,1-2H3,(H,20,22). The summed E-state index contributed by atoms with van der Waals surface area (Å²) in [5.74, 6) is -0.0325.